The van der Waals surface area contributed by atoms with Gasteiger partial charge >= 0.3 is 0 Å². The molecule has 1 N–H and O–H groups in total. The standard InChI is InChI=1S/C15H11Cl2N3S/c1-9-2-3-18-7-13(9)15-20-14(8-21-15)19-12-5-10(16)4-11(17)6-12/h2-8,19H,1H3. The van der Waals surface area contributed by atoms with Crippen LogP contribution in [0.15, 0.2) is 42.0 Å². The van der Waals surface area contributed by atoms with Gasteiger partial charge < -0.3 is 5.32 Å². The van der Waals surface area contributed by atoms with Crippen molar-refractivity contribution < 1.29 is 0 Å². The van der Waals surface area contributed by atoms with Gasteiger partial charge in [-0.05, 0) is 36.8 Å². The Morgan fingerprint density at radius 2 is 1.90 bits per heavy atom. The summed E-state index contributed by atoms with van der Waals surface area (Å²) in [4.78, 5) is 8.73. The molecular formula is C15H11Cl2N3S. The summed E-state index contributed by atoms with van der Waals surface area (Å²) < 4.78 is 0. The molecule has 0 bridgehead atoms. The Morgan fingerprint density at radius 1 is 1.14 bits per heavy atom. The molecule has 106 valence electrons. The van der Waals surface area contributed by atoms with Crippen molar-refractivity contribution in [1.29, 1.82) is 0 Å². The molecule has 0 aliphatic heterocycles. The van der Waals surface area contributed by atoms with Crippen molar-refractivity contribution in [2.45, 2.75) is 6.92 Å². The van der Waals surface area contributed by atoms with E-state index in [1.807, 2.05) is 36.7 Å². The fraction of sp³-hybridized carbons (Fsp3) is 0.0667. The first-order chi connectivity index (χ1) is 10.1. The lowest BCUT2D eigenvalue weighted by Crippen LogP contribution is -1.91. The molecule has 0 amide bonds. The van der Waals surface area contributed by atoms with Crippen molar-refractivity contribution in [1.82, 2.24) is 9.97 Å². The van der Waals surface area contributed by atoms with Crippen LogP contribution < -0.4 is 5.32 Å². The van der Waals surface area contributed by atoms with Gasteiger partial charge in [0.15, 0.2) is 0 Å². The Labute approximate surface area is 136 Å². The van der Waals surface area contributed by atoms with Gasteiger partial charge in [-0.3, -0.25) is 4.98 Å². The van der Waals surface area contributed by atoms with Gasteiger partial charge in [0.1, 0.15) is 10.8 Å². The number of halogens is 2. The molecule has 2 aromatic heterocycles. The summed E-state index contributed by atoms with van der Waals surface area (Å²) in [6, 6.07) is 7.28. The summed E-state index contributed by atoms with van der Waals surface area (Å²) in [6.07, 6.45) is 3.60. The minimum Gasteiger partial charge on any atom is -0.339 e. The molecule has 0 aliphatic rings. The molecule has 3 nitrogen and oxygen atoms in total. The number of thiazole rings is 1. The zero-order chi connectivity index (χ0) is 14.8. The molecular weight excluding hydrogens is 325 g/mol. The van der Waals surface area contributed by atoms with Crippen LogP contribution in [0.1, 0.15) is 5.56 Å². The van der Waals surface area contributed by atoms with E-state index < -0.39 is 0 Å². The number of nitrogens with one attached hydrogen (secondary N) is 1. The Balaban J connectivity index is 1.87. The van der Waals surface area contributed by atoms with Crippen LogP contribution in [-0.2, 0) is 0 Å². The molecule has 0 atom stereocenters. The molecule has 0 saturated carbocycles. The first-order valence-corrected chi connectivity index (χ1v) is 7.85. The minimum atomic E-state index is 0.587. The third-order valence-electron chi connectivity index (χ3n) is 2.91. The van der Waals surface area contributed by atoms with E-state index >= 15 is 0 Å². The summed E-state index contributed by atoms with van der Waals surface area (Å²) in [5.41, 5.74) is 3.00. The quantitative estimate of drug-likeness (QED) is 0.680. The molecule has 21 heavy (non-hydrogen) atoms. The summed E-state index contributed by atoms with van der Waals surface area (Å²) in [7, 11) is 0. The number of anilines is 2. The van der Waals surface area contributed by atoms with E-state index in [9.17, 15) is 0 Å². The van der Waals surface area contributed by atoms with Crippen LogP contribution in [0.2, 0.25) is 10.0 Å². The first-order valence-electron chi connectivity index (χ1n) is 6.21. The average molecular weight is 336 g/mol. The maximum atomic E-state index is 5.99. The predicted octanol–water partition coefficient (Wildman–Crippen LogP) is 5.56. The Morgan fingerprint density at radius 3 is 2.62 bits per heavy atom. The van der Waals surface area contributed by atoms with E-state index in [0.717, 1.165) is 27.6 Å². The minimum absolute atomic E-state index is 0.587. The predicted molar refractivity (Wildman–Crippen MR) is 89.8 cm³/mol. The Hall–Kier alpha value is -1.62. The Bertz CT molecular complexity index is 766. The largest absolute Gasteiger partial charge is 0.339 e. The SMILES string of the molecule is Cc1ccncc1-c1nc(Nc2cc(Cl)cc(Cl)c2)cs1. The third-order valence-corrected chi connectivity index (χ3v) is 4.22. The summed E-state index contributed by atoms with van der Waals surface area (Å²) in [5, 5.41) is 7.26. The molecule has 3 aromatic rings. The smallest absolute Gasteiger partial charge is 0.142 e. The monoisotopic (exact) mass is 335 g/mol. The lowest BCUT2D eigenvalue weighted by atomic mass is 10.2. The van der Waals surface area contributed by atoms with Crippen LogP contribution in [0.25, 0.3) is 10.6 Å². The van der Waals surface area contributed by atoms with Gasteiger partial charge in [-0.15, -0.1) is 11.3 Å². The van der Waals surface area contributed by atoms with Crippen LogP contribution in [-0.4, -0.2) is 9.97 Å². The van der Waals surface area contributed by atoms with Crippen LogP contribution in [0, 0.1) is 6.92 Å². The van der Waals surface area contributed by atoms with Gasteiger partial charge in [0, 0.05) is 39.1 Å². The van der Waals surface area contributed by atoms with Gasteiger partial charge in [0.05, 0.1) is 0 Å². The summed E-state index contributed by atoms with van der Waals surface area (Å²) in [5.74, 6) is 0.761. The molecule has 0 saturated heterocycles. The maximum Gasteiger partial charge on any atom is 0.142 e. The zero-order valence-corrected chi connectivity index (χ0v) is 13.4. The van der Waals surface area contributed by atoms with Crippen LogP contribution in [0.5, 0.6) is 0 Å². The van der Waals surface area contributed by atoms with Crippen molar-refractivity contribution in [3.05, 3.63) is 57.6 Å². The van der Waals surface area contributed by atoms with E-state index in [4.69, 9.17) is 23.2 Å². The maximum absolute atomic E-state index is 5.99. The molecule has 2 heterocycles. The number of aromatic nitrogens is 2. The molecule has 6 heteroatoms. The molecule has 1 aromatic carbocycles. The Kier molecular flexibility index (Phi) is 4.10. The van der Waals surface area contributed by atoms with Crippen LogP contribution in [0.4, 0.5) is 11.5 Å². The van der Waals surface area contributed by atoms with Crippen molar-refractivity contribution in [3.8, 4) is 10.6 Å². The second-order valence-electron chi connectivity index (χ2n) is 4.51. The second-order valence-corrected chi connectivity index (χ2v) is 6.24. The van der Waals surface area contributed by atoms with E-state index in [1.54, 1.807) is 23.6 Å². The summed E-state index contributed by atoms with van der Waals surface area (Å²) in [6.45, 7) is 2.04. The molecule has 0 unspecified atom stereocenters. The fourth-order valence-electron chi connectivity index (χ4n) is 1.92. The van der Waals surface area contributed by atoms with E-state index in [1.165, 1.54) is 0 Å². The van der Waals surface area contributed by atoms with Gasteiger partial charge in [-0.1, -0.05) is 23.2 Å². The van der Waals surface area contributed by atoms with Crippen LogP contribution >= 0.6 is 34.5 Å². The average Bonchev–Trinajstić information content (AvgIpc) is 2.86. The van der Waals surface area contributed by atoms with Crippen molar-refractivity contribution in [3.63, 3.8) is 0 Å². The second kappa shape index (κ2) is 6.02. The highest BCUT2D eigenvalue weighted by atomic mass is 35.5. The zero-order valence-electron chi connectivity index (χ0n) is 11.1. The first kappa shape index (κ1) is 14.3. The number of hydrogen-bond acceptors (Lipinski definition) is 4. The number of pyridine rings is 1. The fourth-order valence-corrected chi connectivity index (χ4v) is 3.27. The number of benzene rings is 1. The van der Waals surface area contributed by atoms with E-state index in [-0.39, 0.29) is 0 Å². The van der Waals surface area contributed by atoms with Gasteiger partial charge in [-0.2, -0.15) is 0 Å². The lowest BCUT2D eigenvalue weighted by Gasteiger charge is -2.04. The molecule has 0 aliphatic carbocycles. The van der Waals surface area contributed by atoms with Gasteiger partial charge in [0.25, 0.3) is 0 Å². The highest BCUT2D eigenvalue weighted by molar-refractivity contribution is 7.13. The number of nitrogens with zero attached hydrogens (tertiary/aromatic N) is 2. The van der Waals surface area contributed by atoms with Crippen LogP contribution in [0.3, 0.4) is 0 Å². The highest BCUT2D eigenvalue weighted by Crippen LogP contribution is 2.30. The van der Waals surface area contributed by atoms with Gasteiger partial charge in [-0.25, -0.2) is 4.98 Å². The number of rotatable bonds is 3. The third kappa shape index (κ3) is 3.35. The topological polar surface area (TPSA) is 37.8 Å². The van der Waals surface area contributed by atoms with Gasteiger partial charge in [0.2, 0.25) is 0 Å². The lowest BCUT2D eigenvalue weighted by molar-refractivity contribution is 1.27. The molecule has 0 fully saturated rings. The van der Waals surface area contributed by atoms with Crippen molar-refractivity contribution in [2.24, 2.45) is 0 Å². The number of hydrogen-bond donors (Lipinski definition) is 1. The molecule has 3 rings (SSSR count). The normalized spacial score (nSPS) is 10.6. The van der Waals surface area contributed by atoms with E-state index in [2.05, 4.69) is 15.3 Å². The molecule has 0 radical (unpaired) electrons. The highest BCUT2D eigenvalue weighted by Gasteiger charge is 2.08. The number of aryl methyl sites for hydroxylation is 1. The summed E-state index contributed by atoms with van der Waals surface area (Å²) >= 11 is 13.5. The van der Waals surface area contributed by atoms with Crippen molar-refractivity contribution >= 4 is 46.0 Å². The van der Waals surface area contributed by atoms with Crippen molar-refractivity contribution in [2.75, 3.05) is 5.32 Å². The molecule has 0 spiro atoms. The van der Waals surface area contributed by atoms with E-state index in [0.29, 0.717) is 10.0 Å².